The molecule has 2 aromatic rings. The Kier molecular flexibility index (Phi) is 7.76. The Morgan fingerprint density at radius 3 is 2.36 bits per heavy atom. The summed E-state index contributed by atoms with van der Waals surface area (Å²) in [5.41, 5.74) is 0.651. The maximum Gasteiger partial charge on any atom is 0.243 e. The van der Waals surface area contributed by atoms with Crippen molar-refractivity contribution in [3.05, 3.63) is 54.1 Å². The number of ether oxygens (including phenoxy) is 1. The standard InChI is InChI=1S/C24H31N3O5S/c1-4-22(28)26-19-8-12-21(13-9-19)33(30,31)27-15-5-14-24(2,17-27)23(29)25-16-18-6-10-20(32-3)11-7-18/h6-13H,4-5,14-17H2,1-3H3,(H,25,29)(H,26,28). The Bertz CT molecular complexity index is 1080. The maximum atomic E-state index is 13.2. The number of piperidine rings is 1. The first-order valence-electron chi connectivity index (χ1n) is 11.0. The van der Waals surface area contributed by atoms with Crippen LogP contribution in [0.1, 0.15) is 38.7 Å². The average Bonchev–Trinajstić information content (AvgIpc) is 2.83. The Hall–Kier alpha value is -2.91. The second kappa shape index (κ2) is 10.4. The molecule has 1 heterocycles. The van der Waals surface area contributed by atoms with Gasteiger partial charge in [0, 0.05) is 31.7 Å². The van der Waals surface area contributed by atoms with Crippen molar-refractivity contribution in [3.63, 3.8) is 0 Å². The summed E-state index contributed by atoms with van der Waals surface area (Å²) in [6.45, 7) is 4.38. The van der Waals surface area contributed by atoms with E-state index in [0.717, 1.165) is 11.3 Å². The van der Waals surface area contributed by atoms with Crippen molar-refractivity contribution < 1.29 is 22.7 Å². The van der Waals surface area contributed by atoms with Crippen LogP contribution >= 0.6 is 0 Å². The Labute approximate surface area is 195 Å². The lowest BCUT2D eigenvalue weighted by molar-refractivity contribution is -0.132. The van der Waals surface area contributed by atoms with Gasteiger partial charge >= 0.3 is 0 Å². The van der Waals surface area contributed by atoms with Crippen LogP contribution in [0.3, 0.4) is 0 Å². The largest absolute Gasteiger partial charge is 0.497 e. The van der Waals surface area contributed by atoms with Crippen LogP contribution in [0.4, 0.5) is 5.69 Å². The van der Waals surface area contributed by atoms with Gasteiger partial charge < -0.3 is 15.4 Å². The van der Waals surface area contributed by atoms with Gasteiger partial charge in [-0.1, -0.05) is 19.1 Å². The first kappa shape index (κ1) is 24.7. The molecule has 0 radical (unpaired) electrons. The zero-order chi connectivity index (χ0) is 24.1. The maximum absolute atomic E-state index is 13.2. The molecule has 0 bridgehead atoms. The van der Waals surface area contributed by atoms with Gasteiger partial charge in [-0.2, -0.15) is 4.31 Å². The SMILES string of the molecule is CCC(=O)Nc1ccc(S(=O)(=O)N2CCCC(C)(C(=O)NCc3ccc(OC)cc3)C2)cc1. The first-order chi connectivity index (χ1) is 15.7. The van der Waals surface area contributed by atoms with Crippen molar-refractivity contribution in [3.8, 4) is 5.75 Å². The minimum Gasteiger partial charge on any atom is -0.497 e. The lowest BCUT2D eigenvalue weighted by Crippen LogP contribution is -2.51. The number of hydrogen-bond donors (Lipinski definition) is 2. The molecule has 1 aliphatic rings. The smallest absolute Gasteiger partial charge is 0.243 e. The van der Waals surface area contributed by atoms with Gasteiger partial charge in [-0.05, 0) is 61.7 Å². The molecular weight excluding hydrogens is 442 g/mol. The fourth-order valence-corrected chi connectivity index (χ4v) is 5.43. The van der Waals surface area contributed by atoms with Gasteiger partial charge in [-0.25, -0.2) is 8.42 Å². The van der Waals surface area contributed by atoms with E-state index in [-0.39, 0.29) is 23.3 Å². The number of carbonyl (C=O) groups is 2. The highest BCUT2D eigenvalue weighted by atomic mass is 32.2. The number of sulfonamides is 1. The number of anilines is 1. The van der Waals surface area contributed by atoms with E-state index in [1.807, 2.05) is 24.3 Å². The molecule has 3 rings (SSSR count). The van der Waals surface area contributed by atoms with Gasteiger partial charge in [0.2, 0.25) is 21.8 Å². The number of hydrogen-bond acceptors (Lipinski definition) is 5. The monoisotopic (exact) mass is 473 g/mol. The van der Waals surface area contributed by atoms with Crippen molar-refractivity contribution in [2.45, 2.75) is 44.6 Å². The third-order valence-electron chi connectivity index (χ3n) is 5.92. The number of benzene rings is 2. The molecule has 33 heavy (non-hydrogen) atoms. The van der Waals surface area contributed by atoms with Gasteiger partial charge in [0.1, 0.15) is 5.75 Å². The van der Waals surface area contributed by atoms with E-state index in [0.29, 0.717) is 38.0 Å². The van der Waals surface area contributed by atoms with Crippen LogP contribution in [0.5, 0.6) is 5.75 Å². The fourth-order valence-electron chi connectivity index (χ4n) is 3.83. The molecule has 9 heteroatoms. The fraction of sp³-hybridized carbons (Fsp3) is 0.417. The second-order valence-corrected chi connectivity index (χ2v) is 10.4. The molecule has 0 spiro atoms. The summed E-state index contributed by atoms with van der Waals surface area (Å²) in [4.78, 5) is 24.7. The Morgan fingerprint density at radius 2 is 1.76 bits per heavy atom. The second-order valence-electron chi connectivity index (χ2n) is 8.46. The lowest BCUT2D eigenvalue weighted by Gasteiger charge is -2.38. The van der Waals surface area contributed by atoms with Crippen LogP contribution in [-0.2, 0) is 26.2 Å². The first-order valence-corrected chi connectivity index (χ1v) is 12.4. The molecule has 1 saturated heterocycles. The van der Waals surface area contributed by atoms with E-state index >= 15 is 0 Å². The molecule has 178 valence electrons. The summed E-state index contributed by atoms with van der Waals surface area (Å²) >= 11 is 0. The number of nitrogens with zero attached hydrogens (tertiary/aromatic N) is 1. The van der Waals surface area contributed by atoms with Crippen LogP contribution in [0.25, 0.3) is 0 Å². The van der Waals surface area contributed by atoms with E-state index in [1.54, 1.807) is 33.1 Å². The molecule has 1 atom stereocenters. The zero-order valence-corrected chi connectivity index (χ0v) is 20.1. The van der Waals surface area contributed by atoms with E-state index < -0.39 is 15.4 Å². The van der Waals surface area contributed by atoms with Crippen LogP contribution in [-0.4, -0.2) is 44.7 Å². The lowest BCUT2D eigenvalue weighted by atomic mass is 9.82. The van der Waals surface area contributed by atoms with Crippen LogP contribution in [0.2, 0.25) is 0 Å². The molecule has 2 amide bonds. The summed E-state index contributed by atoms with van der Waals surface area (Å²) < 4.78 is 33.0. The summed E-state index contributed by atoms with van der Waals surface area (Å²) in [5.74, 6) is 0.430. The minimum atomic E-state index is -3.77. The predicted octanol–water partition coefficient (Wildman–Crippen LogP) is 3.15. The average molecular weight is 474 g/mol. The number of nitrogens with one attached hydrogen (secondary N) is 2. The van der Waals surface area contributed by atoms with Crippen LogP contribution in [0, 0.1) is 5.41 Å². The molecule has 2 N–H and O–H groups in total. The van der Waals surface area contributed by atoms with E-state index in [1.165, 1.54) is 16.4 Å². The molecule has 1 fully saturated rings. The Balaban J connectivity index is 1.67. The van der Waals surface area contributed by atoms with Crippen molar-refractivity contribution in [1.82, 2.24) is 9.62 Å². The van der Waals surface area contributed by atoms with E-state index in [9.17, 15) is 18.0 Å². The summed E-state index contributed by atoms with van der Waals surface area (Å²) in [5, 5.41) is 5.65. The van der Waals surface area contributed by atoms with Crippen molar-refractivity contribution in [2.75, 3.05) is 25.5 Å². The molecule has 1 unspecified atom stereocenters. The van der Waals surface area contributed by atoms with Gasteiger partial charge in [-0.15, -0.1) is 0 Å². The summed E-state index contributed by atoms with van der Waals surface area (Å²) in [7, 11) is -2.17. The minimum absolute atomic E-state index is 0.109. The van der Waals surface area contributed by atoms with Crippen LogP contribution < -0.4 is 15.4 Å². The van der Waals surface area contributed by atoms with Gasteiger partial charge in [0.25, 0.3) is 0 Å². The molecule has 0 aromatic heterocycles. The quantitative estimate of drug-likeness (QED) is 0.613. The number of amides is 2. The number of rotatable bonds is 8. The highest BCUT2D eigenvalue weighted by molar-refractivity contribution is 7.89. The van der Waals surface area contributed by atoms with Gasteiger partial charge in [-0.3, -0.25) is 9.59 Å². The molecule has 1 aliphatic heterocycles. The van der Waals surface area contributed by atoms with Crippen molar-refractivity contribution in [2.24, 2.45) is 5.41 Å². The highest BCUT2D eigenvalue weighted by Gasteiger charge is 2.41. The molecular formula is C24H31N3O5S. The molecule has 2 aromatic carbocycles. The molecule has 8 nitrogen and oxygen atoms in total. The predicted molar refractivity (Wildman–Crippen MR) is 126 cm³/mol. The normalized spacial score (nSPS) is 19.0. The zero-order valence-electron chi connectivity index (χ0n) is 19.3. The third-order valence-corrected chi connectivity index (χ3v) is 7.78. The highest BCUT2D eigenvalue weighted by Crippen LogP contribution is 2.33. The topological polar surface area (TPSA) is 105 Å². The Morgan fingerprint density at radius 1 is 1.09 bits per heavy atom. The third kappa shape index (κ3) is 5.91. The summed E-state index contributed by atoms with van der Waals surface area (Å²) in [6.07, 6.45) is 1.54. The number of carbonyl (C=O) groups excluding carboxylic acids is 2. The van der Waals surface area contributed by atoms with Crippen LogP contribution in [0.15, 0.2) is 53.4 Å². The summed E-state index contributed by atoms with van der Waals surface area (Å²) in [6, 6.07) is 13.5. The van der Waals surface area contributed by atoms with E-state index in [4.69, 9.17) is 4.74 Å². The van der Waals surface area contributed by atoms with Crippen molar-refractivity contribution in [1.29, 1.82) is 0 Å². The van der Waals surface area contributed by atoms with Gasteiger partial charge in [0.05, 0.1) is 17.4 Å². The van der Waals surface area contributed by atoms with Crippen molar-refractivity contribution >= 4 is 27.5 Å². The molecule has 0 aliphatic carbocycles. The van der Waals surface area contributed by atoms with Gasteiger partial charge in [0.15, 0.2) is 0 Å². The number of methoxy groups -OCH3 is 1. The van der Waals surface area contributed by atoms with E-state index in [2.05, 4.69) is 10.6 Å². The molecule has 0 saturated carbocycles.